The van der Waals surface area contributed by atoms with Crippen LogP contribution < -0.4 is 5.56 Å². The molecule has 0 saturated carbocycles. The molecular formula is C7H5N3O3. The molecule has 2 heterocycles. The van der Waals surface area contributed by atoms with Crippen LogP contribution in [0.3, 0.4) is 0 Å². The highest BCUT2D eigenvalue weighted by atomic mass is 16.4. The lowest BCUT2D eigenvalue weighted by Crippen LogP contribution is -2.00. The van der Waals surface area contributed by atoms with Crippen LogP contribution in [-0.2, 0) is 0 Å². The molecule has 0 amide bonds. The highest BCUT2D eigenvalue weighted by Crippen LogP contribution is 2.09. The molecule has 3 N–H and O–H groups in total. The summed E-state index contributed by atoms with van der Waals surface area (Å²) >= 11 is 0. The molecule has 13 heavy (non-hydrogen) atoms. The normalized spacial score (nSPS) is 10.5. The minimum absolute atomic E-state index is 0.0177. The number of rotatable bonds is 1. The number of carbonyl (C=O) groups is 1. The first-order valence-electron chi connectivity index (χ1n) is 3.48. The zero-order valence-electron chi connectivity index (χ0n) is 6.37. The van der Waals surface area contributed by atoms with Crippen molar-refractivity contribution in [2.45, 2.75) is 0 Å². The minimum atomic E-state index is -1.12. The van der Waals surface area contributed by atoms with Gasteiger partial charge in [0.2, 0.25) is 0 Å². The predicted octanol–water partition coefficient (Wildman–Crippen LogP) is -0.0506. The number of nitrogens with zero attached hydrogens (tertiary/aromatic N) is 1. The number of hydrogen-bond acceptors (Lipinski definition) is 3. The quantitative estimate of drug-likeness (QED) is 0.571. The number of fused-ring (bicyclic) bond motifs is 1. The first-order chi connectivity index (χ1) is 6.20. The third-order valence-electron chi connectivity index (χ3n) is 1.72. The molecule has 6 heteroatoms. The van der Waals surface area contributed by atoms with E-state index in [4.69, 9.17) is 5.11 Å². The van der Waals surface area contributed by atoms with Crippen molar-refractivity contribution in [1.29, 1.82) is 0 Å². The summed E-state index contributed by atoms with van der Waals surface area (Å²) in [7, 11) is 0. The van der Waals surface area contributed by atoms with E-state index in [0.29, 0.717) is 0 Å². The second-order valence-corrected chi connectivity index (χ2v) is 2.49. The molecule has 0 fully saturated rings. The van der Waals surface area contributed by atoms with Crippen LogP contribution in [0.1, 0.15) is 10.4 Å². The van der Waals surface area contributed by atoms with Crippen LogP contribution in [0.2, 0.25) is 0 Å². The van der Waals surface area contributed by atoms with Crippen molar-refractivity contribution in [3.8, 4) is 0 Å². The van der Waals surface area contributed by atoms with E-state index < -0.39 is 5.97 Å². The summed E-state index contributed by atoms with van der Waals surface area (Å²) < 4.78 is 0. The second kappa shape index (κ2) is 2.44. The Morgan fingerprint density at radius 1 is 1.38 bits per heavy atom. The van der Waals surface area contributed by atoms with Crippen LogP contribution in [0, 0.1) is 0 Å². The highest BCUT2D eigenvalue weighted by molar-refractivity contribution is 6.00. The summed E-state index contributed by atoms with van der Waals surface area (Å²) in [4.78, 5) is 25.3. The molecule has 66 valence electrons. The van der Waals surface area contributed by atoms with Crippen molar-refractivity contribution in [3.63, 3.8) is 0 Å². The third kappa shape index (κ3) is 0.994. The lowest BCUT2D eigenvalue weighted by molar-refractivity contribution is 0.0698. The van der Waals surface area contributed by atoms with Crippen LogP contribution in [-0.4, -0.2) is 26.3 Å². The number of nitrogens with one attached hydrogen (secondary N) is 2. The van der Waals surface area contributed by atoms with Crippen molar-refractivity contribution < 1.29 is 9.90 Å². The van der Waals surface area contributed by atoms with Gasteiger partial charge in [-0.25, -0.2) is 4.79 Å². The van der Waals surface area contributed by atoms with Gasteiger partial charge in [-0.2, -0.15) is 0 Å². The molecule has 0 aromatic carbocycles. The third-order valence-corrected chi connectivity index (χ3v) is 1.72. The summed E-state index contributed by atoms with van der Waals surface area (Å²) in [6.45, 7) is 0. The van der Waals surface area contributed by atoms with Gasteiger partial charge in [0.05, 0.1) is 10.9 Å². The monoisotopic (exact) mass is 179 g/mol. The highest BCUT2D eigenvalue weighted by Gasteiger charge is 2.11. The van der Waals surface area contributed by atoms with Gasteiger partial charge in [0.15, 0.2) is 0 Å². The van der Waals surface area contributed by atoms with Crippen molar-refractivity contribution in [1.82, 2.24) is 15.2 Å². The average molecular weight is 179 g/mol. The first-order valence-corrected chi connectivity index (χ1v) is 3.48. The zero-order valence-corrected chi connectivity index (χ0v) is 6.37. The number of carboxylic acids is 1. The predicted molar refractivity (Wildman–Crippen MR) is 43.7 cm³/mol. The molecule has 0 atom stereocenters. The molecule has 2 aromatic rings. The first kappa shape index (κ1) is 7.53. The van der Waals surface area contributed by atoms with E-state index in [9.17, 15) is 9.59 Å². The molecule has 2 aromatic heterocycles. The number of pyridine rings is 1. The van der Waals surface area contributed by atoms with E-state index in [1.165, 1.54) is 12.4 Å². The summed E-state index contributed by atoms with van der Waals surface area (Å²) in [5, 5.41) is 13.7. The van der Waals surface area contributed by atoms with Gasteiger partial charge >= 0.3 is 5.97 Å². The maximum atomic E-state index is 11.0. The number of hydrogen-bond donors (Lipinski definition) is 3. The number of carboxylic acid groups (broad SMARTS) is 1. The maximum Gasteiger partial charge on any atom is 0.339 e. The van der Waals surface area contributed by atoms with E-state index in [1.54, 1.807) is 0 Å². The van der Waals surface area contributed by atoms with Crippen LogP contribution in [0.5, 0.6) is 0 Å². The molecule has 0 unspecified atom stereocenters. The summed E-state index contributed by atoms with van der Waals surface area (Å²) in [6.07, 6.45) is 2.51. The van der Waals surface area contributed by atoms with Gasteiger partial charge in [-0.15, -0.1) is 0 Å². The Balaban J connectivity index is 2.92. The van der Waals surface area contributed by atoms with Gasteiger partial charge in [-0.3, -0.25) is 20.0 Å². The van der Waals surface area contributed by atoms with Crippen molar-refractivity contribution >= 4 is 16.9 Å². The fourth-order valence-corrected chi connectivity index (χ4v) is 1.12. The lowest BCUT2D eigenvalue weighted by atomic mass is 10.2. The Bertz CT molecular complexity index is 525. The second-order valence-electron chi connectivity index (χ2n) is 2.49. The van der Waals surface area contributed by atoms with E-state index >= 15 is 0 Å². The lowest BCUT2D eigenvalue weighted by Gasteiger charge is -1.92. The smallest absolute Gasteiger partial charge is 0.339 e. The Kier molecular flexibility index (Phi) is 1.42. The molecule has 0 aliphatic rings. The molecule has 0 spiro atoms. The van der Waals surface area contributed by atoms with Gasteiger partial charge in [-0.1, -0.05) is 0 Å². The summed E-state index contributed by atoms with van der Waals surface area (Å²) in [5.41, 5.74) is -0.117. The SMILES string of the molecule is O=C(O)c1cncc2c(=O)[nH][nH]c12. The minimum Gasteiger partial charge on any atom is -0.478 e. The molecule has 0 bridgehead atoms. The summed E-state index contributed by atoms with van der Waals surface area (Å²) in [6, 6.07) is 0. The van der Waals surface area contributed by atoms with Gasteiger partial charge in [-0.05, 0) is 0 Å². The Morgan fingerprint density at radius 3 is 2.85 bits per heavy atom. The van der Waals surface area contributed by atoms with E-state index in [-0.39, 0.29) is 22.0 Å². The molecule has 0 saturated heterocycles. The van der Waals surface area contributed by atoms with Crippen LogP contribution in [0.4, 0.5) is 0 Å². The Labute approximate surface area is 71.2 Å². The van der Waals surface area contributed by atoms with Gasteiger partial charge in [0.1, 0.15) is 5.56 Å². The summed E-state index contributed by atoms with van der Waals surface area (Å²) in [5.74, 6) is -1.12. The van der Waals surface area contributed by atoms with Gasteiger partial charge < -0.3 is 5.11 Å². The van der Waals surface area contributed by atoms with Crippen molar-refractivity contribution in [2.75, 3.05) is 0 Å². The van der Waals surface area contributed by atoms with Crippen molar-refractivity contribution in [2.24, 2.45) is 0 Å². The van der Waals surface area contributed by atoms with Crippen LogP contribution in [0.25, 0.3) is 10.9 Å². The maximum absolute atomic E-state index is 11.0. The van der Waals surface area contributed by atoms with Gasteiger partial charge in [0, 0.05) is 12.4 Å². The topological polar surface area (TPSA) is 98.8 Å². The Morgan fingerprint density at radius 2 is 2.15 bits per heavy atom. The zero-order chi connectivity index (χ0) is 9.42. The number of aromatic nitrogens is 3. The molecule has 0 aliphatic carbocycles. The standard InChI is InChI=1S/C7H5N3O3/c11-6-3-1-8-2-4(7(12)13)5(3)9-10-6/h1-2H,(H,12,13)(H2,9,10,11). The fourth-order valence-electron chi connectivity index (χ4n) is 1.12. The number of H-pyrrole nitrogens is 2. The van der Waals surface area contributed by atoms with Crippen LogP contribution >= 0.6 is 0 Å². The fraction of sp³-hybridized carbons (Fsp3) is 0. The number of aromatic carboxylic acids is 1. The van der Waals surface area contributed by atoms with E-state index in [0.717, 1.165) is 0 Å². The van der Waals surface area contributed by atoms with Crippen LogP contribution in [0.15, 0.2) is 17.2 Å². The number of aromatic amines is 2. The molecule has 2 rings (SSSR count). The van der Waals surface area contributed by atoms with E-state index in [1.807, 2.05) is 0 Å². The molecule has 0 radical (unpaired) electrons. The van der Waals surface area contributed by atoms with Gasteiger partial charge in [0.25, 0.3) is 5.56 Å². The average Bonchev–Trinajstić information content (AvgIpc) is 2.48. The molecular weight excluding hydrogens is 174 g/mol. The molecule has 6 nitrogen and oxygen atoms in total. The van der Waals surface area contributed by atoms with E-state index in [2.05, 4.69) is 15.2 Å². The largest absolute Gasteiger partial charge is 0.478 e. The van der Waals surface area contributed by atoms with Crippen molar-refractivity contribution in [3.05, 3.63) is 28.3 Å². The molecule has 0 aliphatic heterocycles. The Hall–Kier alpha value is -2.11.